The van der Waals surface area contributed by atoms with Crippen molar-refractivity contribution < 1.29 is 18.0 Å². The van der Waals surface area contributed by atoms with Gasteiger partial charge in [-0.2, -0.15) is 0 Å². The minimum Gasteiger partial charge on any atom is -0.326 e. The van der Waals surface area contributed by atoms with Crippen LogP contribution in [-0.4, -0.2) is 31.7 Å². The van der Waals surface area contributed by atoms with Crippen molar-refractivity contribution in [2.45, 2.75) is 42.9 Å². The van der Waals surface area contributed by atoms with Crippen molar-refractivity contribution in [1.82, 2.24) is 0 Å². The molecule has 160 valence electrons. The molecular formula is C22H26N2O4S2. The quantitative estimate of drug-likeness (QED) is 0.690. The highest BCUT2D eigenvalue weighted by molar-refractivity contribution is 7.99. The van der Waals surface area contributed by atoms with E-state index >= 15 is 0 Å². The number of amides is 2. The van der Waals surface area contributed by atoms with E-state index in [9.17, 15) is 18.0 Å². The molecule has 6 nitrogen and oxygen atoms in total. The molecule has 0 aromatic heterocycles. The van der Waals surface area contributed by atoms with Crippen LogP contribution in [-0.2, 0) is 19.4 Å². The molecule has 0 saturated carbocycles. The van der Waals surface area contributed by atoms with E-state index in [2.05, 4.69) is 24.5 Å². The number of fused-ring (bicyclic) bond motifs is 1. The lowest BCUT2D eigenvalue weighted by Crippen LogP contribution is -2.27. The van der Waals surface area contributed by atoms with Gasteiger partial charge in [0.1, 0.15) is 0 Å². The molecule has 0 bridgehead atoms. The summed E-state index contributed by atoms with van der Waals surface area (Å²) in [5.41, 5.74) is 2.31. The SMILES string of the molecule is CC(C)c1ccc(NC(=O)[C@H](C)CS(=O)(=O)c2ccc3c(c2)NC(=O)CCS3)cc1. The molecule has 0 radical (unpaired) electrons. The van der Waals surface area contributed by atoms with E-state index in [4.69, 9.17) is 0 Å². The van der Waals surface area contributed by atoms with Gasteiger partial charge in [0.15, 0.2) is 9.84 Å². The summed E-state index contributed by atoms with van der Waals surface area (Å²) < 4.78 is 25.7. The average Bonchev–Trinajstić information content (AvgIpc) is 2.87. The van der Waals surface area contributed by atoms with E-state index in [0.29, 0.717) is 29.5 Å². The van der Waals surface area contributed by atoms with Crippen molar-refractivity contribution in [3.63, 3.8) is 0 Å². The highest BCUT2D eigenvalue weighted by Gasteiger charge is 2.25. The summed E-state index contributed by atoms with van der Waals surface area (Å²) in [4.78, 5) is 25.2. The normalized spacial score (nSPS) is 15.1. The Bertz CT molecular complexity index is 1050. The highest BCUT2D eigenvalue weighted by Crippen LogP contribution is 2.33. The summed E-state index contributed by atoms with van der Waals surface area (Å²) in [5.74, 6) is -0.490. The number of rotatable bonds is 6. The molecule has 2 aromatic rings. The van der Waals surface area contributed by atoms with Crippen molar-refractivity contribution in [3.8, 4) is 0 Å². The van der Waals surface area contributed by atoms with Crippen molar-refractivity contribution >= 4 is 44.8 Å². The predicted molar refractivity (Wildman–Crippen MR) is 121 cm³/mol. The van der Waals surface area contributed by atoms with E-state index in [1.807, 2.05) is 24.3 Å². The first-order valence-electron chi connectivity index (χ1n) is 9.86. The molecule has 30 heavy (non-hydrogen) atoms. The molecule has 0 spiro atoms. The van der Waals surface area contributed by atoms with Gasteiger partial charge in [-0.3, -0.25) is 9.59 Å². The topological polar surface area (TPSA) is 92.3 Å². The Kier molecular flexibility index (Phi) is 6.88. The van der Waals surface area contributed by atoms with Gasteiger partial charge in [0.05, 0.1) is 16.3 Å². The standard InChI is InChI=1S/C22H26N2O4S2/c1-14(2)16-4-6-17(7-5-16)23-22(26)15(3)13-30(27,28)18-8-9-20-19(12-18)24-21(25)10-11-29-20/h4-9,12,14-15H,10-11,13H2,1-3H3,(H,23,26)(H,24,25)/t15-/m1/s1. The molecule has 1 aliphatic heterocycles. The fourth-order valence-corrected chi connectivity index (χ4v) is 5.62. The molecule has 2 aromatic carbocycles. The molecule has 0 unspecified atom stereocenters. The number of thioether (sulfide) groups is 1. The summed E-state index contributed by atoms with van der Waals surface area (Å²) in [6.07, 6.45) is 0.386. The average molecular weight is 447 g/mol. The highest BCUT2D eigenvalue weighted by atomic mass is 32.2. The van der Waals surface area contributed by atoms with Gasteiger partial charge in [0.2, 0.25) is 11.8 Å². The zero-order chi connectivity index (χ0) is 21.9. The third kappa shape index (κ3) is 5.43. The van der Waals surface area contributed by atoms with Crippen LogP contribution in [0.25, 0.3) is 0 Å². The van der Waals surface area contributed by atoms with Gasteiger partial charge in [-0.15, -0.1) is 11.8 Å². The zero-order valence-corrected chi connectivity index (χ0v) is 18.9. The predicted octanol–water partition coefficient (Wildman–Crippen LogP) is 4.29. The summed E-state index contributed by atoms with van der Waals surface area (Å²) >= 11 is 1.51. The van der Waals surface area contributed by atoms with Crippen LogP contribution in [0, 0.1) is 5.92 Å². The number of sulfone groups is 1. The molecule has 1 heterocycles. The maximum atomic E-state index is 12.9. The van der Waals surface area contributed by atoms with Gasteiger partial charge in [-0.25, -0.2) is 8.42 Å². The summed E-state index contributed by atoms with van der Waals surface area (Å²) in [6, 6.07) is 12.3. The number of benzene rings is 2. The van der Waals surface area contributed by atoms with Gasteiger partial charge in [-0.05, 0) is 41.8 Å². The second-order valence-electron chi connectivity index (χ2n) is 7.75. The van der Waals surface area contributed by atoms with Crippen molar-refractivity contribution in [2.75, 3.05) is 22.1 Å². The lowest BCUT2D eigenvalue weighted by molar-refractivity contribution is -0.119. The molecule has 2 N–H and O–H groups in total. The Hall–Kier alpha value is -2.32. The minimum atomic E-state index is -3.70. The maximum absolute atomic E-state index is 12.9. The van der Waals surface area contributed by atoms with E-state index in [0.717, 1.165) is 10.5 Å². The third-order valence-electron chi connectivity index (χ3n) is 4.93. The van der Waals surface area contributed by atoms with Gasteiger partial charge in [0.25, 0.3) is 0 Å². The largest absolute Gasteiger partial charge is 0.326 e. The fraction of sp³-hybridized carbons (Fsp3) is 0.364. The lowest BCUT2D eigenvalue weighted by atomic mass is 10.0. The Morgan fingerprint density at radius 3 is 2.50 bits per heavy atom. The maximum Gasteiger partial charge on any atom is 0.228 e. The third-order valence-corrected chi connectivity index (χ3v) is 7.92. The lowest BCUT2D eigenvalue weighted by Gasteiger charge is -2.15. The first-order valence-corrected chi connectivity index (χ1v) is 12.5. The molecular weight excluding hydrogens is 420 g/mol. The van der Waals surface area contributed by atoms with Crippen LogP contribution in [0.2, 0.25) is 0 Å². The summed E-state index contributed by atoms with van der Waals surface area (Å²) in [5, 5.41) is 5.53. The number of hydrogen-bond acceptors (Lipinski definition) is 5. The Labute approximate surface area is 181 Å². The monoisotopic (exact) mass is 446 g/mol. The number of hydrogen-bond donors (Lipinski definition) is 2. The summed E-state index contributed by atoms with van der Waals surface area (Å²) in [7, 11) is -3.70. The number of carbonyl (C=O) groups excluding carboxylic acids is 2. The van der Waals surface area contributed by atoms with Gasteiger partial charge >= 0.3 is 0 Å². The summed E-state index contributed by atoms with van der Waals surface area (Å²) in [6.45, 7) is 5.77. The first kappa shape index (κ1) is 22.4. The molecule has 8 heteroatoms. The second kappa shape index (κ2) is 9.22. The van der Waals surface area contributed by atoms with Crippen molar-refractivity contribution in [2.24, 2.45) is 5.92 Å². The number of carbonyl (C=O) groups is 2. The smallest absolute Gasteiger partial charge is 0.228 e. The van der Waals surface area contributed by atoms with Gasteiger partial charge in [-0.1, -0.05) is 32.9 Å². The molecule has 0 fully saturated rings. The second-order valence-corrected chi connectivity index (χ2v) is 10.9. The molecule has 0 aliphatic carbocycles. The minimum absolute atomic E-state index is 0.102. The van der Waals surface area contributed by atoms with Crippen LogP contribution in [0.5, 0.6) is 0 Å². The fourth-order valence-electron chi connectivity index (χ4n) is 3.11. The number of anilines is 2. The van der Waals surface area contributed by atoms with E-state index in [1.54, 1.807) is 13.0 Å². The van der Waals surface area contributed by atoms with Gasteiger partial charge in [0, 0.05) is 28.7 Å². The molecule has 0 saturated heterocycles. The van der Waals surface area contributed by atoms with Crippen molar-refractivity contribution in [1.29, 1.82) is 0 Å². The molecule has 2 amide bonds. The van der Waals surface area contributed by atoms with Crippen LogP contribution < -0.4 is 10.6 Å². The Morgan fingerprint density at radius 1 is 1.13 bits per heavy atom. The van der Waals surface area contributed by atoms with E-state index in [-0.39, 0.29) is 22.5 Å². The van der Waals surface area contributed by atoms with E-state index in [1.165, 1.54) is 23.9 Å². The van der Waals surface area contributed by atoms with Crippen LogP contribution in [0.4, 0.5) is 11.4 Å². The first-order chi connectivity index (χ1) is 14.2. The van der Waals surface area contributed by atoms with Gasteiger partial charge < -0.3 is 10.6 Å². The Morgan fingerprint density at radius 2 is 1.83 bits per heavy atom. The molecule has 3 rings (SSSR count). The van der Waals surface area contributed by atoms with Crippen molar-refractivity contribution in [3.05, 3.63) is 48.0 Å². The zero-order valence-electron chi connectivity index (χ0n) is 17.3. The molecule has 1 aliphatic rings. The van der Waals surface area contributed by atoms with Crippen LogP contribution >= 0.6 is 11.8 Å². The molecule has 1 atom stereocenters. The number of nitrogens with one attached hydrogen (secondary N) is 2. The van der Waals surface area contributed by atoms with E-state index < -0.39 is 15.8 Å². The van der Waals surface area contributed by atoms with Crippen LogP contribution in [0.1, 0.15) is 38.7 Å². The Balaban J connectivity index is 1.70. The van der Waals surface area contributed by atoms with Crippen LogP contribution in [0.15, 0.2) is 52.3 Å². The van der Waals surface area contributed by atoms with Crippen LogP contribution in [0.3, 0.4) is 0 Å².